The van der Waals surface area contributed by atoms with Gasteiger partial charge in [-0.1, -0.05) is 6.42 Å². The Morgan fingerprint density at radius 2 is 2.18 bits per heavy atom. The molecule has 5 atom stereocenters. The maximum atomic E-state index is 12.4. The normalized spacial score (nSPS) is 35.9. The van der Waals surface area contributed by atoms with Crippen molar-refractivity contribution in [1.29, 1.82) is 0 Å². The number of likely N-dealkylation sites (tertiary alicyclic amines) is 1. The van der Waals surface area contributed by atoms with Gasteiger partial charge in [0.15, 0.2) is 0 Å². The molecule has 3 fully saturated rings. The molecule has 0 spiro atoms. The molecule has 3 aliphatic rings. The highest BCUT2D eigenvalue weighted by atomic mass is 16.3. The minimum Gasteiger partial charge on any atom is -0.396 e. The summed E-state index contributed by atoms with van der Waals surface area (Å²) in [6.45, 7) is 4.04. The van der Waals surface area contributed by atoms with Crippen molar-refractivity contribution in [3.05, 3.63) is 0 Å². The molecule has 2 N–H and O–H groups in total. The molecule has 1 amide bonds. The Hall–Kier alpha value is -0.610. The van der Waals surface area contributed by atoms with Crippen molar-refractivity contribution in [1.82, 2.24) is 10.2 Å². The van der Waals surface area contributed by atoms with E-state index in [0.717, 1.165) is 31.2 Å². The summed E-state index contributed by atoms with van der Waals surface area (Å²) < 4.78 is 0. The van der Waals surface area contributed by atoms with Crippen LogP contribution in [0.5, 0.6) is 0 Å². The summed E-state index contributed by atoms with van der Waals surface area (Å²) in [5.74, 6) is 2.72. The van der Waals surface area contributed by atoms with Crippen molar-refractivity contribution >= 4 is 5.91 Å². The zero-order chi connectivity index (χ0) is 15.5. The van der Waals surface area contributed by atoms with E-state index in [2.05, 4.69) is 17.1 Å². The Morgan fingerprint density at radius 1 is 1.32 bits per heavy atom. The van der Waals surface area contributed by atoms with Crippen LogP contribution in [0.4, 0.5) is 0 Å². The van der Waals surface area contributed by atoms with Crippen molar-refractivity contribution < 1.29 is 9.90 Å². The van der Waals surface area contributed by atoms with Gasteiger partial charge < -0.3 is 10.4 Å². The lowest BCUT2D eigenvalue weighted by atomic mass is 9.84. The van der Waals surface area contributed by atoms with E-state index in [1.54, 1.807) is 0 Å². The molecule has 1 heterocycles. The van der Waals surface area contributed by atoms with Crippen molar-refractivity contribution in [2.45, 2.75) is 70.4 Å². The van der Waals surface area contributed by atoms with E-state index in [9.17, 15) is 4.79 Å². The number of carbonyl (C=O) groups is 1. The molecule has 2 aliphatic carbocycles. The maximum Gasteiger partial charge on any atom is 0.234 e. The molecule has 4 nitrogen and oxygen atoms in total. The summed E-state index contributed by atoms with van der Waals surface area (Å²) in [7, 11) is 0. The van der Waals surface area contributed by atoms with Crippen LogP contribution in [0.1, 0.15) is 58.3 Å². The van der Waals surface area contributed by atoms with Crippen LogP contribution in [0, 0.1) is 17.8 Å². The van der Waals surface area contributed by atoms with E-state index < -0.39 is 0 Å². The quantitative estimate of drug-likeness (QED) is 0.758. The number of rotatable bonds is 7. The predicted octanol–water partition coefficient (Wildman–Crippen LogP) is 2.16. The molecule has 1 saturated heterocycles. The highest BCUT2D eigenvalue weighted by molar-refractivity contribution is 5.78. The van der Waals surface area contributed by atoms with E-state index in [1.165, 1.54) is 38.5 Å². The molecule has 1 aliphatic heterocycles. The maximum absolute atomic E-state index is 12.4. The minimum atomic E-state index is 0.200. The predicted molar refractivity (Wildman–Crippen MR) is 87.5 cm³/mol. The van der Waals surface area contributed by atoms with Crippen LogP contribution in [-0.4, -0.2) is 47.7 Å². The van der Waals surface area contributed by atoms with E-state index in [-0.39, 0.29) is 12.5 Å². The highest BCUT2D eigenvalue weighted by Crippen LogP contribution is 2.49. The van der Waals surface area contributed by atoms with E-state index in [0.29, 0.717) is 24.5 Å². The van der Waals surface area contributed by atoms with Crippen molar-refractivity contribution in [2.24, 2.45) is 17.8 Å². The molecular formula is C18H32N2O2. The van der Waals surface area contributed by atoms with Gasteiger partial charge in [-0.15, -0.1) is 0 Å². The summed E-state index contributed by atoms with van der Waals surface area (Å²) in [4.78, 5) is 14.7. The molecule has 5 unspecified atom stereocenters. The molecule has 0 aromatic carbocycles. The van der Waals surface area contributed by atoms with Crippen LogP contribution in [0.15, 0.2) is 0 Å². The number of carbonyl (C=O) groups excluding carboxylic acids is 1. The van der Waals surface area contributed by atoms with Crippen LogP contribution < -0.4 is 5.32 Å². The number of aliphatic hydroxyl groups excluding tert-OH is 1. The Bertz CT molecular complexity index is 387. The molecule has 126 valence electrons. The standard InChI is InChI=1S/C18H32N2O2/c1-13(17-11-14-6-7-15(17)10-14)19-18(22)12-20-8-2-4-16(20)5-3-9-21/h13-17,21H,2-12H2,1H3,(H,19,22). The second-order valence-corrected chi connectivity index (χ2v) is 7.83. The number of fused-ring (bicyclic) bond motifs is 2. The number of amides is 1. The van der Waals surface area contributed by atoms with E-state index in [4.69, 9.17) is 5.11 Å². The number of aliphatic hydroxyl groups is 1. The summed E-state index contributed by atoms with van der Waals surface area (Å²) >= 11 is 0. The minimum absolute atomic E-state index is 0.200. The molecule has 22 heavy (non-hydrogen) atoms. The van der Waals surface area contributed by atoms with Crippen molar-refractivity contribution in [3.63, 3.8) is 0 Å². The first-order chi connectivity index (χ1) is 10.7. The van der Waals surface area contributed by atoms with Gasteiger partial charge in [-0.2, -0.15) is 0 Å². The van der Waals surface area contributed by atoms with Crippen LogP contribution >= 0.6 is 0 Å². The first-order valence-corrected chi connectivity index (χ1v) is 9.31. The van der Waals surface area contributed by atoms with Crippen LogP contribution in [0.2, 0.25) is 0 Å². The smallest absolute Gasteiger partial charge is 0.234 e. The van der Waals surface area contributed by atoms with Crippen LogP contribution in [0.3, 0.4) is 0 Å². The summed E-state index contributed by atoms with van der Waals surface area (Å²) in [6, 6.07) is 0.831. The molecule has 3 rings (SSSR count). The van der Waals surface area contributed by atoms with Crippen molar-refractivity contribution in [2.75, 3.05) is 19.7 Å². The second kappa shape index (κ2) is 7.31. The SMILES string of the molecule is CC(NC(=O)CN1CCCC1CCCO)C1CC2CCC1C2. The fourth-order valence-corrected chi connectivity index (χ4v) is 5.25. The third kappa shape index (κ3) is 3.65. The molecule has 0 aromatic rings. The fourth-order valence-electron chi connectivity index (χ4n) is 5.25. The highest BCUT2D eigenvalue weighted by Gasteiger charge is 2.42. The lowest BCUT2D eigenvalue weighted by Gasteiger charge is -2.30. The van der Waals surface area contributed by atoms with E-state index >= 15 is 0 Å². The summed E-state index contributed by atoms with van der Waals surface area (Å²) in [6.07, 6.45) is 9.76. The number of hydrogen-bond acceptors (Lipinski definition) is 3. The molecular weight excluding hydrogens is 276 g/mol. The molecule has 0 aromatic heterocycles. The van der Waals surface area contributed by atoms with Crippen LogP contribution in [0.25, 0.3) is 0 Å². The van der Waals surface area contributed by atoms with Crippen LogP contribution in [-0.2, 0) is 4.79 Å². The Balaban J connectivity index is 1.43. The van der Waals surface area contributed by atoms with Gasteiger partial charge in [0.1, 0.15) is 0 Å². The third-order valence-corrected chi connectivity index (χ3v) is 6.36. The lowest BCUT2D eigenvalue weighted by Crippen LogP contribution is -2.46. The van der Waals surface area contributed by atoms with Gasteiger partial charge in [-0.25, -0.2) is 0 Å². The second-order valence-electron chi connectivity index (χ2n) is 7.83. The Kier molecular flexibility index (Phi) is 5.40. The Morgan fingerprint density at radius 3 is 2.86 bits per heavy atom. The number of hydrogen-bond donors (Lipinski definition) is 2. The van der Waals surface area contributed by atoms with Gasteiger partial charge in [0.25, 0.3) is 0 Å². The molecule has 0 radical (unpaired) electrons. The first kappa shape index (κ1) is 16.3. The largest absolute Gasteiger partial charge is 0.396 e. The lowest BCUT2D eigenvalue weighted by molar-refractivity contribution is -0.123. The average Bonchev–Trinajstić information content (AvgIpc) is 3.21. The molecule has 2 bridgehead atoms. The monoisotopic (exact) mass is 308 g/mol. The van der Waals surface area contributed by atoms with Gasteiger partial charge in [0.05, 0.1) is 6.54 Å². The zero-order valence-corrected chi connectivity index (χ0v) is 14.0. The van der Waals surface area contributed by atoms with E-state index in [1.807, 2.05) is 0 Å². The van der Waals surface area contributed by atoms with Gasteiger partial charge in [-0.05, 0) is 76.2 Å². The first-order valence-electron chi connectivity index (χ1n) is 9.31. The topological polar surface area (TPSA) is 52.6 Å². The Labute approximate surface area is 134 Å². The number of nitrogens with one attached hydrogen (secondary N) is 1. The summed E-state index contributed by atoms with van der Waals surface area (Å²) in [5, 5.41) is 12.3. The third-order valence-electron chi connectivity index (χ3n) is 6.36. The summed E-state index contributed by atoms with van der Waals surface area (Å²) in [5.41, 5.74) is 0. The molecule has 2 saturated carbocycles. The average molecular weight is 308 g/mol. The zero-order valence-electron chi connectivity index (χ0n) is 14.0. The fraction of sp³-hybridized carbons (Fsp3) is 0.944. The van der Waals surface area contributed by atoms with Gasteiger partial charge in [0, 0.05) is 18.7 Å². The van der Waals surface area contributed by atoms with Crippen molar-refractivity contribution in [3.8, 4) is 0 Å². The van der Waals surface area contributed by atoms with Gasteiger partial charge in [-0.3, -0.25) is 9.69 Å². The molecule has 4 heteroatoms. The number of nitrogens with zero attached hydrogens (tertiary/aromatic N) is 1. The van der Waals surface area contributed by atoms with Gasteiger partial charge in [0.2, 0.25) is 5.91 Å². The van der Waals surface area contributed by atoms with Gasteiger partial charge >= 0.3 is 0 Å².